The Morgan fingerprint density at radius 1 is 1.58 bits per heavy atom. The second-order valence-corrected chi connectivity index (χ2v) is 5.87. The molecule has 2 fully saturated rings. The van der Waals surface area contributed by atoms with Gasteiger partial charge in [0.15, 0.2) is 0 Å². The first-order chi connectivity index (χ1) is 9.09. The third kappa shape index (κ3) is 3.27. The lowest BCUT2D eigenvalue weighted by Crippen LogP contribution is -2.62. The number of rotatable bonds is 3. The first-order valence-corrected chi connectivity index (χ1v) is 7.41. The highest BCUT2D eigenvalue weighted by atomic mass is 16.5. The molecule has 2 N–H and O–H groups in total. The highest BCUT2D eigenvalue weighted by Gasteiger charge is 2.39. The van der Waals surface area contributed by atoms with Crippen molar-refractivity contribution in [1.82, 2.24) is 15.5 Å². The summed E-state index contributed by atoms with van der Waals surface area (Å²) in [5, 5.41) is 6.11. The molecule has 110 valence electrons. The van der Waals surface area contributed by atoms with Gasteiger partial charge in [0.1, 0.15) is 6.04 Å². The van der Waals surface area contributed by atoms with Crippen LogP contribution in [0.25, 0.3) is 0 Å². The van der Waals surface area contributed by atoms with Gasteiger partial charge in [0, 0.05) is 39.3 Å². The first-order valence-electron chi connectivity index (χ1n) is 7.41. The zero-order valence-electron chi connectivity index (χ0n) is 12.4. The van der Waals surface area contributed by atoms with Gasteiger partial charge in [-0.1, -0.05) is 6.92 Å². The van der Waals surface area contributed by atoms with Gasteiger partial charge in [0.25, 0.3) is 0 Å². The number of piperazine rings is 1. The Kier molecular flexibility index (Phi) is 4.81. The lowest BCUT2D eigenvalue weighted by Gasteiger charge is -2.46. The van der Waals surface area contributed by atoms with Crippen molar-refractivity contribution < 1.29 is 9.53 Å². The Morgan fingerprint density at radius 3 is 3.05 bits per heavy atom. The van der Waals surface area contributed by atoms with E-state index < -0.39 is 0 Å². The van der Waals surface area contributed by atoms with Gasteiger partial charge in [0.2, 0.25) is 5.91 Å². The predicted octanol–water partition coefficient (Wildman–Crippen LogP) is 0.354. The molecule has 2 rings (SSSR count). The smallest absolute Gasteiger partial charge is 0.238 e. The van der Waals surface area contributed by atoms with Crippen LogP contribution in [0, 0.1) is 0 Å². The van der Waals surface area contributed by atoms with Crippen LogP contribution in [0.1, 0.15) is 33.1 Å². The maximum atomic E-state index is 12.0. The zero-order chi connectivity index (χ0) is 13.9. The van der Waals surface area contributed by atoms with Gasteiger partial charge >= 0.3 is 0 Å². The SMILES string of the molecule is CCC1(C)CC(N2CCNCC2C(=O)NC)CCO1. The van der Waals surface area contributed by atoms with Crippen LogP contribution in [0.15, 0.2) is 0 Å². The minimum absolute atomic E-state index is 0.0268. The highest BCUT2D eigenvalue weighted by Crippen LogP contribution is 2.31. The molecule has 0 aromatic carbocycles. The van der Waals surface area contributed by atoms with Crippen molar-refractivity contribution in [3.8, 4) is 0 Å². The summed E-state index contributed by atoms with van der Waals surface area (Å²) in [5.74, 6) is 0.122. The topological polar surface area (TPSA) is 53.6 Å². The van der Waals surface area contributed by atoms with Gasteiger partial charge in [-0.2, -0.15) is 0 Å². The number of likely N-dealkylation sites (N-methyl/N-ethyl adjacent to an activating group) is 1. The normalized spacial score (nSPS) is 37.0. The van der Waals surface area contributed by atoms with Crippen LogP contribution >= 0.6 is 0 Å². The third-order valence-electron chi connectivity index (χ3n) is 4.62. The molecule has 0 saturated carbocycles. The van der Waals surface area contributed by atoms with Crippen LogP contribution in [0.5, 0.6) is 0 Å². The molecule has 3 atom stereocenters. The van der Waals surface area contributed by atoms with Crippen molar-refractivity contribution in [2.45, 2.75) is 50.8 Å². The number of nitrogens with zero attached hydrogens (tertiary/aromatic N) is 1. The van der Waals surface area contributed by atoms with Crippen LogP contribution in [0.2, 0.25) is 0 Å². The molecule has 0 aromatic heterocycles. The molecule has 3 unspecified atom stereocenters. The number of carbonyl (C=O) groups excluding carboxylic acids is 1. The number of carbonyl (C=O) groups is 1. The van der Waals surface area contributed by atoms with Crippen molar-refractivity contribution in [1.29, 1.82) is 0 Å². The minimum Gasteiger partial charge on any atom is -0.375 e. The molecular weight excluding hydrogens is 242 g/mol. The van der Waals surface area contributed by atoms with Crippen molar-refractivity contribution in [3.63, 3.8) is 0 Å². The lowest BCUT2D eigenvalue weighted by atomic mass is 9.88. The molecule has 0 radical (unpaired) electrons. The van der Waals surface area contributed by atoms with Crippen molar-refractivity contribution >= 4 is 5.91 Å². The number of nitrogens with one attached hydrogen (secondary N) is 2. The fourth-order valence-corrected chi connectivity index (χ4v) is 3.20. The molecule has 2 aliphatic heterocycles. The van der Waals surface area contributed by atoms with E-state index in [-0.39, 0.29) is 17.6 Å². The van der Waals surface area contributed by atoms with Crippen molar-refractivity contribution in [2.24, 2.45) is 0 Å². The van der Waals surface area contributed by atoms with Gasteiger partial charge < -0.3 is 15.4 Å². The quantitative estimate of drug-likeness (QED) is 0.776. The summed E-state index contributed by atoms with van der Waals surface area (Å²) < 4.78 is 5.91. The average molecular weight is 269 g/mol. The predicted molar refractivity (Wildman–Crippen MR) is 75.1 cm³/mol. The summed E-state index contributed by atoms with van der Waals surface area (Å²) in [4.78, 5) is 14.4. The number of ether oxygens (including phenoxy) is 1. The lowest BCUT2D eigenvalue weighted by molar-refractivity contribution is -0.134. The Bertz CT molecular complexity index is 324. The third-order valence-corrected chi connectivity index (χ3v) is 4.62. The maximum absolute atomic E-state index is 12.0. The molecule has 5 heteroatoms. The van der Waals surface area contributed by atoms with E-state index >= 15 is 0 Å². The molecule has 19 heavy (non-hydrogen) atoms. The Labute approximate surface area is 116 Å². The summed E-state index contributed by atoms with van der Waals surface area (Å²) in [6.45, 7) is 7.84. The van der Waals surface area contributed by atoms with Crippen LogP contribution in [-0.4, -0.2) is 61.8 Å². The van der Waals surface area contributed by atoms with Gasteiger partial charge in [-0.25, -0.2) is 0 Å². The van der Waals surface area contributed by atoms with Gasteiger partial charge in [-0.3, -0.25) is 9.69 Å². The zero-order valence-corrected chi connectivity index (χ0v) is 12.4. The largest absolute Gasteiger partial charge is 0.375 e. The van der Waals surface area contributed by atoms with E-state index in [1.807, 2.05) is 0 Å². The van der Waals surface area contributed by atoms with E-state index in [0.29, 0.717) is 6.04 Å². The van der Waals surface area contributed by atoms with E-state index in [0.717, 1.165) is 45.5 Å². The molecule has 2 saturated heterocycles. The van der Waals surface area contributed by atoms with Crippen LogP contribution < -0.4 is 10.6 Å². The fourth-order valence-electron chi connectivity index (χ4n) is 3.20. The van der Waals surface area contributed by atoms with Gasteiger partial charge in [-0.05, 0) is 26.2 Å². The van der Waals surface area contributed by atoms with Crippen LogP contribution in [-0.2, 0) is 9.53 Å². The monoisotopic (exact) mass is 269 g/mol. The second-order valence-electron chi connectivity index (χ2n) is 5.87. The summed E-state index contributed by atoms with van der Waals surface area (Å²) in [7, 11) is 1.72. The van der Waals surface area contributed by atoms with Crippen LogP contribution in [0.4, 0.5) is 0 Å². The summed E-state index contributed by atoms with van der Waals surface area (Å²) in [6.07, 6.45) is 3.08. The Morgan fingerprint density at radius 2 is 2.37 bits per heavy atom. The highest BCUT2D eigenvalue weighted by molar-refractivity contribution is 5.81. The average Bonchev–Trinajstić information content (AvgIpc) is 2.46. The molecule has 0 spiro atoms. The maximum Gasteiger partial charge on any atom is 0.238 e. The minimum atomic E-state index is -0.0389. The summed E-state index contributed by atoms with van der Waals surface area (Å²) in [5.41, 5.74) is -0.0268. The van der Waals surface area contributed by atoms with E-state index in [1.54, 1.807) is 7.05 Å². The van der Waals surface area contributed by atoms with Crippen molar-refractivity contribution in [2.75, 3.05) is 33.3 Å². The Hall–Kier alpha value is -0.650. The molecule has 2 heterocycles. The van der Waals surface area contributed by atoms with E-state index in [2.05, 4.69) is 29.4 Å². The molecule has 2 aliphatic rings. The van der Waals surface area contributed by atoms with Crippen molar-refractivity contribution in [3.05, 3.63) is 0 Å². The number of amides is 1. The second kappa shape index (κ2) is 6.20. The van der Waals surface area contributed by atoms with E-state index in [4.69, 9.17) is 4.74 Å². The number of hydrogen-bond donors (Lipinski definition) is 2. The van der Waals surface area contributed by atoms with E-state index in [9.17, 15) is 4.79 Å². The van der Waals surface area contributed by atoms with Gasteiger partial charge in [-0.15, -0.1) is 0 Å². The van der Waals surface area contributed by atoms with Gasteiger partial charge in [0.05, 0.1) is 5.60 Å². The van der Waals surface area contributed by atoms with E-state index in [1.165, 1.54) is 0 Å². The molecule has 0 aromatic rings. The van der Waals surface area contributed by atoms with Crippen LogP contribution in [0.3, 0.4) is 0 Å². The molecule has 5 nitrogen and oxygen atoms in total. The molecular formula is C14H27N3O2. The molecule has 0 aliphatic carbocycles. The Balaban J connectivity index is 2.07. The summed E-state index contributed by atoms with van der Waals surface area (Å²) in [6, 6.07) is 0.422. The fraction of sp³-hybridized carbons (Fsp3) is 0.929. The standard InChI is InChI=1S/C14H27N3O2/c1-4-14(2)9-11(5-8-19-14)17-7-6-16-10-12(17)13(18)15-3/h11-12,16H,4-10H2,1-3H3,(H,15,18). The first kappa shape index (κ1) is 14.8. The summed E-state index contributed by atoms with van der Waals surface area (Å²) >= 11 is 0. The molecule has 0 bridgehead atoms. The molecule has 1 amide bonds. The number of hydrogen-bond acceptors (Lipinski definition) is 4.